The van der Waals surface area contributed by atoms with Gasteiger partial charge in [-0.3, -0.25) is 9.69 Å². The molecule has 0 spiro atoms. The molecule has 1 heterocycles. The highest BCUT2D eigenvalue weighted by Gasteiger charge is 2.29. The number of hydrogen-bond acceptors (Lipinski definition) is 3. The monoisotopic (exact) mass is 352 g/mol. The summed E-state index contributed by atoms with van der Waals surface area (Å²) in [5.41, 5.74) is 2.41. The molecule has 1 amide bonds. The third-order valence-corrected chi connectivity index (χ3v) is 5.13. The van der Waals surface area contributed by atoms with Gasteiger partial charge in [-0.15, -0.1) is 0 Å². The van der Waals surface area contributed by atoms with Gasteiger partial charge >= 0.3 is 0 Å². The van der Waals surface area contributed by atoms with Crippen LogP contribution in [0.1, 0.15) is 36.9 Å². The molecule has 3 rings (SSSR count). The predicted octanol–water partition coefficient (Wildman–Crippen LogP) is 3.88. The van der Waals surface area contributed by atoms with Gasteiger partial charge in [0, 0.05) is 19.1 Å². The first-order chi connectivity index (χ1) is 12.7. The minimum atomic E-state index is 0.200. The number of nitrogens with zero attached hydrogens (tertiary/aromatic N) is 2. The van der Waals surface area contributed by atoms with E-state index in [-0.39, 0.29) is 5.91 Å². The van der Waals surface area contributed by atoms with Gasteiger partial charge in [0.15, 0.2) is 0 Å². The molecule has 26 heavy (non-hydrogen) atoms. The highest BCUT2D eigenvalue weighted by Crippen LogP contribution is 2.33. The quantitative estimate of drug-likeness (QED) is 0.758. The summed E-state index contributed by atoms with van der Waals surface area (Å²) in [6.45, 7) is 4.89. The lowest BCUT2D eigenvalue weighted by molar-refractivity contribution is -0.133. The Labute approximate surface area is 156 Å². The summed E-state index contributed by atoms with van der Waals surface area (Å²) in [5, 5.41) is 0. The molecule has 1 saturated heterocycles. The van der Waals surface area contributed by atoms with Crippen LogP contribution >= 0.6 is 0 Å². The smallest absolute Gasteiger partial charge is 0.237 e. The number of methoxy groups -OCH3 is 1. The van der Waals surface area contributed by atoms with Gasteiger partial charge in [0.05, 0.1) is 13.7 Å². The van der Waals surface area contributed by atoms with Gasteiger partial charge in [-0.1, -0.05) is 42.5 Å². The Morgan fingerprint density at radius 3 is 2.73 bits per heavy atom. The second-order valence-electron chi connectivity index (χ2n) is 6.80. The molecule has 4 nitrogen and oxygen atoms in total. The zero-order valence-electron chi connectivity index (χ0n) is 15.7. The Balaban J connectivity index is 1.66. The summed E-state index contributed by atoms with van der Waals surface area (Å²) in [4.78, 5) is 17.1. The van der Waals surface area contributed by atoms with Crippen LogP contribution in [0.2, 0.25) is 0 Å². The Morgan fingerprint density at radius 1 is 1.19 bits per heavy atom. The van der Waals surface area contributed by atoms with E-state index in [4.69, 9.17) is 4.74 Å². The highest BCUT2D eigenvalue weighted by molar-refractivity contribution is 5.78. The second-order valence-corrected chi connectivity index (χ2v) is 6.80. The number of ether oxygens (including phenoxy) is 1. The molecule has 2 aromatic carbocycles. The van der Waals surface area contributed by atoms with E-state index in [1.54, 1.807) is 7.11 Å². The maximum Gasteiger partial charge on any atom is 0.237 e. The lowest BCUT2D eigenvalue weighted by Crippen LogP contribution is -2.39. The molecule has 0 saturated carbocycles. The second kappa shape index (κ2) is 8.86. The maximum absolute atomic E-state index is 12.9. The molecule has 138 valence electrons. The van der Waals surface area contributed by atoms with Crippen LogP contribution in [0.15, 0.2) is 54.6 Å². The first kappa shape index (κ1) is 18.5. The molecule has 1 aliphatic rings. The van der Waals surface area contributed by atoms with Crippen LogP contribution in [0.25, 0.3) is 0 Å². The Morgan fingerprint density at radius 2 is 2.00 bits per heavy atom. The van der Waals surface area contributed by atoms with Gasteiger partial charge < -0.3 is 9.64 Å². The summed E-state index contributed by atoms with van der Waals surface area (Å²) in [7, 11) is 1.69. The topological polar surface area (TPSA) is 32.8 Å². The highest BCUT2D eigenvalue weighted by atomic mass is 16.5. The SMILES string of the molecule is CCN(Cc1ccccc1)C(=O)CN1CCCC1c1cccc(OC)c1. The molecule has 0 bridgehead atoms. The Hall–Kier alpha value is -2.33. The third-order valence-electron chi connectivity index (χ3n) is 5.13. The molecular formula is C22H28N2O2. The van der Waals surface area contributed by atoms with E-state index in [1.165, 1.54) is 11.1 Å². The number of amides is 1. The molecule has 0 N–H and O–H groups in total. The first-order valence-corrected chi connectivity index (χ1v) is 9.41. The zero-order valence-corrected chi connectivity index (χ0v) is 15.7. The van der Waals surface area contributed by atoms with Crippen LogP contribution in [0.5, 0.6) is 5.75 Å². The number of likely N-dealkylation sites (N-methyl/N-ethyl adjacent to an activating group) is 1. The molecule has 1 atom stereocenters. The van der Waals surface area contributed by atoms with E-state index in [1.807, 2.05) is 42.2 Å². The van der Waals surface area contributed by atoms with Crippen LogP contribution in [0.3, 0.4) is 0 Å². The molecule has 0 radical (unpaired) electrons. The molecule has 2 aromatic rings. The molecule has 0 aromatic heterocycles. The minimum absolute atomic E-state index is 0.200. The molecule has 1 fully saturated rings. The van der Waals surface area contributed by atoms with Gasteiger partial charge in [0.1, 0.15) is 5.75 Å². The molecular weight excluding hydrogens is 324 g/mol. The fourth-order valence-electron chi connectivity index (χ4n) is 3.70. The Kier molecular flexibility index (Phi) is 6.29. The molecule has 1 aliphatic heterocycles. The van der Waals surface area contributed by atoms with Gasteiger partial charge in [-0.05, 0) is 49.6 Å². The van der Waals surface area contributed by atoms with Gasteiger partial charge in [-0.2, -0.15) is 0 Å². The van der Waals surface area contributed by atoms with Gasteiger partial charge in [-0.25, -0.2) is 0 Å². The van der Waals surface area contributed by atoms with Crippen molar-refractivity contribution in [2.45, 2.75) is 32.4 Å². The average Bonchev–Trinajstić information content (AvgIpc) is 3.15. The largest absolute Gasteiger partial charge is 0.497 e. The maximum atomic E-state index is 12.9. The van der Waals surface area contributed by atoms with Crippen molar-refractivity contribution in [3.05, 3.63) is 65.7 Å². The van der Waals surface area contributed by atoms with Crippen molar-refractivity contribution >= 4 is 5.91 Å². The Bertz CT molecular complexity index is 717. The number of carbonyl (C=O) groups excluding carboxylic acids is 1. The van der Waals surface area contributed by atoms with E-state index in [0.717, 1.165) is 31.7 Å². The van der Waals surface area contributed by atoms with Crippen molar-refractivity contribution < 1.29 is 9.53 Å². The summed E-state index contributed by atoms with van der Waals surface area (Å²) in [6.07, 6.45) is 2.21. The van der Waals surface area contributed by atoms with Crippen molar-refractivity contribution in [1.29, 1.82) is 0 Å². The lowest BCUT2D eigenvalue weighted by atomic mass is 10.0. The predicted molar refractivity (Wildman–Crippen MR) is 104 cm³/mol. The summed E-state index contributed by atoms with van der Waals surface area (Å²) in [6, 6.07) is 18.7. The summed E-state index contributed by atoms with van der Waals surface area (Å²) < 4.78 is 5.36. The number of carbonyl (C=O) groups is 1. The number of hydrogen-bond donors (Lipinski definition) is 0. The van der Waals surface area contributed by atoms with E-state index in [0.29, 0.717) is 19.1 Å². The fraction of sp³-hybridized carbons (Fsp3) is 0.409. The average molecular weight is 352 g/mol. The van der Waals surface area contributed by atoms with Gasteiger partial charge in [0.25, 0.3) is 0 Å². The number of rotatable bonds is 7. The van der Waals surface area contributed by atoms with Crippen LogP contribution < -0.4 is 4.74 Å². The van der Waals surface area contributed by atoms with E-state index in [2.05, 4.69) is 29.2 Å². The zero-order chi connectivity index (χ0) is 18.4. The van der Waals surface area contributed by atoms with Crippen LogP contribution in [0.4, 0.5) is 0 Å². The lowest BCUT2D eigenvalue weighted by Gasteiger charge is -2.28. The van der Waals surface area contributed by atoms with Gasteiger partial charge in [0.2, 0.25) is 5.91 Å². The van der Waals surface area contributed by atoms with Crippen LogP contribution in [-0.4, -0.2) is 42.5 Å². The third kappa shape index (κ3) is 4.44. The number of benzene rings is 2. The van der Waals surface area contributed by atoms with Crippen molar-refractivity contribution in [2.75, 3.05) is 26.7 Å². The first-order valence-electron chi connectivity index (χ1n) is 9.41. The molecule has 4 heteroatoms. The van der Waals surface area contributed by atoms with Crippen molar-refractivity contribution in [2.24, 2.45) is 0 Å². The van der Waals surface area contributed by atoms with Crippen LogP contribution in [0, 0.1) is 0 Å². The van der Waals surface area contributed by atoms with Crippen molar-refractivity contribution in [3.8, 4) is 5.75 Å². The van der Waals surface area contributed by atoms with E-state index < -0.39 is 0 Å². The fourth-order valence-corrected chi connectivity index (χ4v) is 3.70. The standard InChI is InChI=1S/C22H28N2O2/c1-3-23(16-18-9-5-4-6-10-18)22(25)17-24-14-8-13-21(24)19-11-7-12-20(15-19)26-2/h4-7,9-12,15,21H,3,8,13-14,16-17H2,1-2H3. The molecule has 1 unspecified atom stereocenters. The number of likely N-dealkylation sites (tertiary alicyclic amines) is 1. The summed E-state index contributed by atoms with van der Waals surface area (Å²) >= 11 is 0. The van der Waals surface area contributed by atoms with Crippen LogP contribution in [-0.2, 0) is 11.3 Å². The van der Waals surface area contributed by atoms with E-state index in [9.17, 15) is 4.79 Å². The minimum Gasteiger partial charge on any atom is -0.497 e. The normalized spacial score (nSPS) is 17.2. The molecule has 0 aliphatic carbocycles. The van der Waals surface area contributed by atoms with Crippen molar-refractivity contribution in [3.63, 3.8) is 0 Å². The summed E-state index contributed by atoms with van der Waals surface area (Å²) in [5.74, 6) is 1.08. The van der Waals surface area contributed by atoms with E-state index >= 15 is 0 Å². The van der Waals surface area contributed by atoms with Crippen molar-refractivity contribution in [1.82, 2.24) is 9.80 Å².